The summed E-state index contributed by atoms with van der Waals surface area (Å²) in [5.74, 6) is 0. The first kappa shape index (κ1) is 15.9. The molecule has 1 aliphatic heterocycles. The zero-order valence-corrected chi connectivity index (χ0v) is 14.6. The van der Waals surface area contributed by atoms with E-state index in [4.69, 9.17) is 17.0 Å². The van der Waals surface area contributed by atoms with Gasteiger partial charge in [0.05, 0.1) is 13.2 Å². The number of thiocarbonyl (C=S) groups is 1. The van der Waals surface area contributed by atoms with Crippen LogP contribution in [-0.4, -0.2) is 49.4 Å². The van der Waals surface area contributed by atoms with Crippen molar-refractivity contribution in [1.29, 1.82) is 0 Å². The van der Waals surface area contributed by atoms with E-state index in [1.165, 1.54) is 9.13 Å². The van der Waals surface area contributed by atoms with E-state index >= 15 is 0 Å². The van der Waals surface area contributed by atoms with E-state index in [2.05, 4.69) is 63.2 Å². The molecule has 2 rings (SSSR count). The van der Waals surface area contributed by atoms with Gasteiger partial charge in [0.1, 0.15) is 0 Å². The summed E-state index contributed by atoms with van der Waals surface area (Å²) in [5.41, 5.74) is 2.27. The summed E-state index contributed by atoms with van der Waals surface area (Å²) < 4.78 is 6.56. The highest BCUT2D eigenvalue weighted by Crippen LogP contribution is 2.17. The fourth-order valence-electron chi connectivity index (χ4n) is 2.09. The Morgan fingerprint density at radius 3 is 2.85 bits per heavy atom. The molecule has 2 N–H and O–H groups in total. The number of ether oxygens (including phenoxy) is 1. The Morgan fingerprint density at radius 1 is 1.40 bits per heavy atom. The molecular weight excluding hydrogens is 385 g/mol. The van der Waals surface area contributed by atoms with Crippen LogP contribution in [0.5, 0.6) is 0 Å². The zero-order valence-electron chi connectivity index (χ0n) is 11.6. The van der Waals surface area contributed by atoms with Crippen molar-refractivity contribution in [2.75, 3.05) is 44.7 Å². The average Bonchev–Trinajstić information content (AvgIpc) is 2.43. The van der Waals surface area contributed by atoms with Gasteiger partial charge in [0.15, 0.2) is 5.11 Å². The lowest BCUT2D eigenvalue weighted by molar-refractivity contribution is 0.0389. The van der Waals surface area contributed by atoms with E-state index < -0.39 is 0 Å². The van der Waals surface area contributed by atoms with Gasteiger partial charge < -0.3 is 15.4 Å². The van der Waals surface area contributed by atoms with Crippen molar-refractivity contribution in [3.8, 4) is 0 Å². The van der Waals surface area contributed by atoms with Crippen LogP contribution in [0.3, 0.4) is 0 Å². The third-order valence-corrected chi connectivity index (χ3v) is 4.17. The molecular formula is C14H20IN3OS. The monoisotopic (exact) mass is 405 g/mol. The SMILES string of the molecule is Cc1cc(I)ccc1NC(=S)NCCN1CCOCC1. The number of hydrogen-bond donors (Lipinski definition) is 2. The summed E-state index contributed by atoms with van der Waals surface area (Å²) in [6, 6.07) is 6.28. The second-order valence-electron chi connectivity index (χ2n) is 4.79. The van der Waals surface area contributed by atoms with Crippen LogP contribution in [0.15, 0.2) is 18.2 Å². The molecule has 0 atom stereocenters. The maximum Gasteiger partial charge on any atom is 0.170 e. The summed E-state index contributed by atoms with van der Waals surface area (Å²) in [6.45, 7) is 7.64. The van der Waals surface area contributed by atoms with E-state index in [1.54, 1.807) is 0 Å². The van der Waals surface area contributed by atoms with Gasteiger partial charge in [0.25, 0.3) is 0 Å². The molecule has 0 amide bonds. The molecule has 0 bridgehead atoms. The van der Waals surface area contributed by atoms with Gasteiger partial charge in [0, 0.05) is 35.4 Å². The predicted molar refractivity (Wildman–Crippen MR) is 95.4 cm³/mol. The highest BCUT2D eigenvalue weighted by Gasteiger charge is 2.09. The fraction of sp³-hybridized carbons (Fsp3) is 0.500. The Labute approximate surface area is 139 Å². The Balaban J connectivity index is 1.72. The van der Waals surface area contributed by atoms with Crippen molar-refractivity contribution in [2.24, 2.45) is 0 Å². The summed E-state index contributed by atoms with van der Waals surface area (Å²) in [7, 11) is 0. The molecule has 1 aromatic carbocycles. The van der Waals surface area contributed by atoms with Gasteiger partial charge in [-0.1, -0.05) is 0 Å². The quantitative estimate of drug-likeness (QED) is 0.594. The van der Waals surface area contributed by atoms with Crippen molar-refractivity contribution >= 4 is 45.6 Å². The van der Waals surface area contributed by atoms with Gasteiger partial charge in [-0.15, -0.1) is 0 Å². The van der Waals surface area contributed by atoms with Gasteiger partial charge in [0.2, 0.25) is 0 Å². The van der Waals surface area contributed by atoms with Gasteiger partial charge >= 0.3 is 0 Å². The number of morpholine rings is 1. The third kappa shape index (κ3) is 5.16. The van der Waals surface area contributed by atoms with E-state index in [9.17, 15) is 0 Å². The number of nitrogens with one attached hydrogen (secondary N) is 2. The molecule has 0 radical (unpaired) electrons. The Hall–Kier alpha value is -0.440. The van der Waals surface area contributed by atoms with Crippen LogP contribution in [0, 0.1) is 10.5 Å². The minimum atomic E-state index is 0.683. The first-order valence-electron chi connectivity index (χ1n) is 6.76. The van der Waals surface area contributed by atoms with Crippen molar-refractivity contribution in [2.45, 2.75) is 6.92 Å². The number of rotatable bonds is 4. The molecule has 1 fully saturated rings. The molecule has 20 heavy (non-hydrogen) atoms. The Kier molecular flexibility index (Phi) is 6.47. The molecule has 0 aromatic heterocycles. The Bertz CT molecular complexity index is 464. The van der Waals surface area contributed by atoms with Gasteiger partial charge in [-0.3, -0.25) is 4.90 Å². The van der Waals surface area contributed by atoms with E-state index in [0.29, 0.717) is 5.11 Å². The molecule has 110 valence electrons. The van der Waals surface area contributed by atoms with Crippen molar-refractivity contribution in [3.05, 3.63) is 27.3 Å². The molecule has 4 nitrogen and oxygen atoms in total. The lowest BCUT2D eigenvalue weighted by Gasteiger charge is -2.26. The molecule has 1 heterocycles. The lowest BCUT2D eigenvalue weighted by atomic mass is 10.2. The predicted octanol–water partition coefficient (Wildman–Crippen LogP) is 2.22. The third-order valence-electron chi connectivity index (χ3n) is 3.25. The van der Waals surface area contributed by atoms with Crippen molar-refractivity contribution < 1.29 is 4.74 Å². The summed E-state index contributed by atoms with van der Waals surface area (Å²) in [6.07, 6.45) is 0. The second kappa shape index (κ2) is 8.11. The molecule has 6 heteroatoms. The van der Waals surface area contributed by atoms with Crippen molar-refractivity contribution in [1.82, 2.24) is 10.2 Å². The van der Waals surface area contributed by atoms with Crippen molar-refractivity contribution in [3.63, 3.8) is 0 Å². The topological polar surface area (TPSA) is 36.5 Å². The van der Waals surface area contributed by atoms with Crippen LogP contribution in [0.2, 0.25) is 0 Å². The zero-order chi connectivity index (χ0) is 14.4. The number of aryl methyl sites for hydroxylation is 1. The lowest BCUT2D eigenvalue weighted by Crippen LogP contribution is -2.42. The molecule has 0 saturated carbocycles. The van der Waals surface area contributed by atoms with Crippen LogP contribution in [0.4, 0.5) is 5.69 Å². The van der Waals surface area contributed by atoms with Gasteiger partial charge in [-0.05, 0) is 65.5 Å². The highest BCUT2D eigenvalue weighted by molar-refractivity contribution is 14.1. The number of nitrogens with zero attached hydrogens (tertiary/aromatic N) is 1. The smallest absolute Gasteiger partial charge is 0.170 e. The standard InChI is InChI=1S/C14H20IN3OS/c1-11-10-12(15)2-3-13(11)17-14(20)16-4-5-18-6-8-19-9-7-18/h2-3,10H,4-9H2,1H3,(H2,16,17,20). The molecule has 1 aliphatic rings. The first-order chi connectivity index (χ1) is 9.65. The van der Waals surface area contributed by atoms with Gasteiger partial charge in [-0.2, -0.15) is 0 Å². The van der Waals surface area contributed by atoms with E-state index in [-0.39, 0.29) is 0 Å². The normalized spacial score (nSPS) is 15.9. The Morgan fingerprint density at radius 2 is 2.15 bits per heavy atom. The van der Waals surface area contributed by atoms with Gasteiger partial charge in [-0.25, -0.2) is 0 Å². The van der Waals surface area contributed by atoms with Crippen LogP contribution >= 0.6 is 34.8 Å². The fourth-order valence-corrected chi connectivity index (χ4v) is 2.95. The highest BCUT2D eigenvalue weighted by atomic mass is 127. The molecule has 0 spiro atoms. The van der Waals surface area contributed by atoms with E-state index in [0.717, 1.165) is 45.1 Å². The molecule has 1 saturated heterocycles. The minimum absolute atomic E-state index is 0.683. The molecule has 0 aliphatic carbocycles. The maximum absolute atomic E-state index is 5.33. The van der Waals surface area contributed by atoms with E-state index in [1.807, 2.05) is 0 Å². The first-order valence-corrected chi connectivity index (χ1v) is 8.25. The van der Waals surface area contributed by atoms with Crippen LogP contribution < -0.4 is 10.6 Å². The van der Waals surface area contributed by atoms with Crippen LogP contribution in [0.25, 0.3) is 0 Å². The van der Waals surface area contributed by atoms with Crippen LogP contribution in [-0.2, 0) is 4.74 Å². The summed E-state index contributed by atoms with van der Waals surface area (Å²) >= 11 is 7.64. The number of benzene rings is 1. The number of hydrogen-bond acceptors (Lipinski definition) is 3. The average molecular weight is 405 g/mol. The second-order valence-corrected chi connectivity index (χ2v) is 6.45. The summed E-state index contributed by atoms with van der Waals surface area (Å²) in [4.78, 5) is 2.38. The number of anilines is 1. The largest absolute Gasteiger partial charge is 0.379 e. The molecule has 1 aromatic rings. The molecule has 0 unspecified atom stereocenters. The summed E-state index contributed by atoms with van der Waals surface area (Å²) in [5, 5.41) is 7.19. The maximum atomic E-state index is 5.33. The minimum Gasteiger partial charge on any atom is -0.379 e. The number of halogens is 1. The van der Waals surface area contributed by atoms with Crippen LogP contribution in [0.1, 0.15) is 5.56 Å².